The fourth-order valence-electron chi connectivity index (χ4n) is 2.22. The van der Waals surface area contributed by atoms with Crippen molar-refractivity contribution in [3.63, 3.8) is 0 Å². The minimum Gasteiger partial charge on any atom is -0.493 e. The first-order valence-electron chi connectivity index (χ1n) is 8.77. The van der Waals surface area contributed by atoms with E-state index < -0.39 is 0 Å². The molecule has 0 spiro atoms. The van der Waals surface area contributed by atoms with Crippen LogP contribution in [0.4, 0.5) is 0 Å². The van der Waals surface area contributed by atoms with Gasteiger partial charge in [-0.2, -0.15) is 5.26 Å². The lowest BCUT2D eigenvalue weighted by Gasteiger charge is -2.11. The molecule has 0 fully saturated rings. The van der Waals surface area contributed by atoms with E-state index in [0.717, 1.165) is 11.1 Å². The zero-order chi connectivity index (χ0) is 20.5. The molecule has 0 aliphatic rings. The summed E-state index contributed by atoms with van der Waals surface area (Å²) in [6.45, 7) is 3.87. The van der Waals surface area contributed by atoms with Crippen molar-refractivity contribution in [3.05, 3.63) is 65.2 Å². The maximum Gasteiger partial charge on any atom is 0.313 e. The smallest absolute Gasteiger partial charge is 0.313 e. The van der Waals surface area contributed by atoms with Gasteiger partial charge in [-0.1, -0.05) is 32.0 Å². The van der Waals surface area contributed by atoms with Crippen LogP contribution in [0.15, 0.2) is 48.5 Å². The number of methoxy groups -OCH3 is 1. The van der Waals surface area contributed by atoms with Crippen molar-refractivity contribution in [3.8, 4) is 17.6 Å². The Morgan fingerprint density at radius 3 is 2.46 bits per heavy atom. The number of hydrogen-bond donors (Lipinski definition) is 1. The molecule has 2 aromatic rings. The van der Waals surface area contributed by atoms with Gasteiger partial charge in [0.25, 0.3) is 0 Å². The van der Waals surface area contributed by atoms with Crippen LogP contribution in [0.3, 0.4) is 0 Å². The molecule has 28 heavy (non-hydrogen) atoms. The minimum atomic E-state index is -0.344. The molecule has 6 heteroatoms. The van der Waals surface area contributed by atoms with Crippen molar-refractivity contribution >= 4 is 18.0 Å². The second kappa shape index (κ2) is 9.93. The van der Waals surface area contributed by atoms with E-state index in [4.69, 9.17) is 14.7 Å². The third-order valence-electron chi connectivity index (χ3n) is 3.85. The zero-order valence-electron chi connectivity index (χ0n) is 16.1. The van der Waals surface area contributed by atoms with Crippen molar-refractivity contribution in [1.82, 2.24) is 5.32 Å². The number of benzene rings is 2. The lowest BCUT2D eigenvalue weighted by molar-refractivity contribution is -0.137. The fourth-order valence-corrected chi connectivity index (χ4v) is 2.22. The van der Waals surface area contributed by atoms with Crippen LogP contribution >= 0.6 is 0 Å². The van der Waals surface area contributed by atoms with Gasteiger partial charge in [0.15, 0.2) is 11.5 Å². The fraction of sp³-hybridized carbons (Fsp3) is 0.227. The number of carbonyl (C=O) groups is 2. The molecule has 0 heterocycles. The van der Waals surface area contributed by atoms with Gasteiger partial charge in [-0.05, 0) is 41.5 Å². The van der Waals surface area contributed by atoms with Crippen LogP contribution in [0.5, 0.6) is 11.5 Å². The lowest BCUT2D eigenvalue weighted by Crippen LogP contribution is -2.20. The number of nitriles is 1. The Morgan fingerprint density at radius 1 is 1.14 bits per heavy atom. The molecule has 0 saturated heterocycles. The molecular formula is C22H22N2O4. The van der Waals surface area contributed by atoms with Gasteiger partial charge in [-0.15, -0.1) is 0 Å². The number of rotatable bonds is 7. The molecule has 0 unspecified atom stereocenters. The number of ether oxygens (including phenoxy) is 2. The highest BCUT2D eigenvalue weighted by Gasteiger charge is 2.13. The average molecular weight is 378 g/mol. The van der Waals surface area contributed by atoms with Gasteiger partial charge in [0, 0.05) is 12.6 Å². The van der Waals surface area contributed by atoms with Gasteiger partial charge in [-0.3, -0.25) is 9.59 Å². The van der Waals surface area contributed by atoms with Crippen LogP contribution in [0.25, 0.3) is 6.08 Å². The van der Waals surface area contributed by atoms with Crippen molar-refractivity contribution < 1.29 is 19.1 Å². The molecule has 0 saturated carbocycles. The van der Waals surface area contributed by atoms with E-state index in [0.29, 0.717) is 23.6 Å². The molecule has 0 aliphatic carbocycles. The van der Waals surface area contributed by atoms with Gasteiger partial charge in [0.05, 0.1) is 24.7 Å². The van der Waals surface area contributed by atoms with Crippen molar-refractivity contribution in [1.29, 1.82) is 5.26 Å². The second-order valence-electron chi connectivity index (χ2n) is 6.35. The Kier molecular flexibility index (Phi) is 7.35. The molecule has 0 aromatic heterocycles. The Bertz CT molecular complexity index is 909. The average Bonchev–Trinajstić information content (AvgIpc) is 2.71. The quantitative estimate of drug-likeness (QED) is 0.453. The monoisotopic (exact) mass is 378 g/mol. The van der Waals surface area contributed by atoms with Gasteiger partial charge in [0.1, 0.15) is 0 Å². The molecule has 0 bridgehead atoms. The number of esters is 1. The summed E-state index contributed by atoms with van der Waals surface area (Å²) in [5.41, 5.74) is 2.21. The SMILES string of the molecule is COc1cc(/C=C/C(=O)NCc2ccc(C#N)cc2)ccc1OC(=O)C(C)C. The Morgan fingerprint density at radius 2 is 1.86 bits per heavy atom. The van der Waals surface area contributed by atoms with E-state index in [-0.39, 0.29) is 17.8 Å². The van der Waals surface area contributed by atoms with Crippen LogP contribution in [0.1, 0.15) is 30.5 Å². The Balaban J connectivity index is 1.97. The first-order valence-corrected chi connectivity index (χ1v) is 8.77. The molecule has 144 valence electrons. The summed E-state index contributed by atoms with van der Waals surface area (Å²) in [6.07, 6.45) is 3.06. The Labute approximate surface area is 164 Å². The van der Waals surface area contributed by atoms with E-state index in [1.165, 1.54) is 13.2 Å². The highest BCUT2D eigenvalue weighted by atomic mass is 16.6. The molecule has 1 N–H and O–H groups in total. The number of amides is 1. The molecule has 1 amide bonds. The lowest BCUT2D eigenvalue weighted by atomic mass is 10.1. The van der Waals surface area contributed by atoms with Gasteiger partial charge in [-0.25, -0.2) is 0 Å². The third-order valence-corrected chi connectivity index (χ3v) is 3.85. The van der Waals surface area contributed by atoms with Crippen LogP contribution in [0, 0.1) is 17.2 Å². The topological polar surface area (TPSA) is 88.4 Å². The van der Waals surface area contributed by atoms with E-state index in [2.05, 4.69) is 11.4 Å². The molecular weight excluding hydrogens is 356 g/mol. The zero-order valence-corrected chi connectivity index (χ0v) is 16.1. The maximum atomic E-state index is 12.0. The molecule has 0 radical (unpaired) electrons. The standard InChI is InChI=1S/C22H22N2O4/c1-15(2)22(26)28-19-10-8-16(12-20(19)27-3)9-11-21(25)24-14-18-6-4-17(13-23)5-7-18/h4-12,15H,14H2,1-3H3,(H,24,25)/b11-9+. The molecule has 6 nitrogen and oxygen atoms in total. The summed E-state index contributed by atoms with van der Waals surface area (Å²) >= 11 is 0. The molecule has 0 atom stereocenters. The first-order chi connectivity index (χ1) is 13.4. The summed E-state index contributed by atoms with van der Waals surface area (Å²) in [7, 11) is 1.49. The predicted octanol–water partition coefficient (Wildman–Crippen LogP) is 3.46. The van der Waals surface area contributed by atoms with E-state index in [9.17, 15) is 9.59 Å². The highest BCUT2D eigenvalue weighted by Crippen LogP contribution is 2.29. The van der Waals surface area contributed by atoms with E-state index in [1.54, 1.807) is 62.4 Å². The highest BCUT2D eigenvalue weighted by molar-refractivity contribution is 5.91. The van der Waals surface area contributed by atoms with Crippen molar-refractivity contribution in [2.45, 2.75) is 20.4 Å². The Hall–Kier alpha value is -3.59. The van der Waals surface area contributed by atoms with Crippen LogP contribution in [-0.4, -0.2) is 19.0 Å². The minimum absolute atomic E-state index is 0.246. The number of carbonyl (C=O) groups excluding carboxylic acids is 2. The van der Waals surface area contributed by atoms with Crippen molar-refractivity contribution in [2.75, 3.05) is 7.11 Å². The van der Waals surface area contributed by atoms with E-state index in [1.807, 2.05) is 0 Å². The summed E-state index contributed by atoms with van der Waals surface area (Å²) in [4.78, 5) is 23.7. The van der Waals surface area contributed by atoms with Gasteiger partial charge < -0.3 is 14.8 Å². The predicted molar refractivity (Wildman–Crippen MR) is 106 cm³/mol. The summed E-state index contributed by atoms with van der Waals surface area (Å²) in [5, 5.41) is 11.6. The molecule has 2 aromatic carbocycles. The summed E-state index contributed by atoms with van der Waals surface area (Å²) < 4.78 is 10.6. The second-order valence-corrected chi connectivity index (χ2v) is 6.35. The maximum absolute atomic E-state index is 12.0. The first kappa shape index (κ1) is 20.7. The van der Waals surface area contributed by atoms with Crippen LogP contribution < -0.4 is 14.8 Å². The normalized spacial score (nSPS) is 10.5. The molecule has 2 rings (SSSR count). The summed E-state index contributed by atoms with van der Waals surface area (Å²) in [5.74, 6) is -0.0933. The number of nitrogens with one attached hydrogen (secondary N) is 1. The van der Waals surface area contributed by atoms with Gasteiger partial charge >= 0.3 is 5.97 Å². The molecule has 0 aliphatic heterocycles. The van der Waals surface area contributed by atoms with E-state index >= 15 is 0 Å². The number of nitrogens with zero attached hydrogens (tertiary/aromatic N) is 1. The van der Waals surface area contributed by atoms with Crippen molar-refractivity contribution in [2.24, 2.45) is 5.92 Å². The largest absolute Gasteiger partial charge is 0.493 e. The number of hydrogen-bond acceptors (Lipinski definition) is 5. The summed E-state index contributed by atoms with van der Waals surface area (Å²) in [6, 6.07) is 14.1. The third kappa shape index (κ3) is 5.99. The van der Waals surface area contributed by atoms with Crippen LogP contribution in [-0.2, 0) is 16.1 Å². The van der Waals surface area contributed by atoms with Crippen LogP contribution in [0.2, 0.25) is 0 Å². The van der Waals surface area contributed by atoms with Gasteiger partial charge in [0.2, 0.25) is 5.91 Å².